The number of thioether (sulfide) groups is 1. The highest BCUT2D eigenvalue weighted by Gasteiger charge is 2.23. The first-order valence-electron chi connectivity index (χ1n) is 3.25. The summed E-state index contributed by atoms with van der Waals surface area (Å²) in [4.78, 5) is 16.8. The standard InChI is InChI=1S/C6H11N3OS/c1-9-5(10)3-4(7)8-6(9)11-2/h6H,3H2,1-2H3,(H2,7,8). The minimum absolute atomic E-state index is 0.0388. The van der Waals surface area contributed by atoms with E-state index >= 15 is 0 Å². The number of rotatable bonds is 1. The van der Waals surface area contributed by atoms with E-state index in [2.05, 4.69) is 4.99 Å². The zero-order chi connectivity index (χ0) is 8.43. The first kappa shape index (κ1) is 8.39. The average molecular weight is 173 g/mol. The lowest BCUT2D eigenvalue weighted by molar-refractivity contribution is -0.129. The maximum absolute atomic E-state index is 11.1. The van der Waals surface area contributed by atoms with Crippen LogP contribution in [0.15, 0.2) is 4.99 Å². The number of nitrogens with zero attached hydrogens (tertiary/aromatic N) is 2. The van der Waals surface area contributed by atoms with Gasteiger partial charge in [0.25, 0.3) is 0 Å². The second kappa shape index (κ2) is 3.13. The van der Waals surface area contributed by atoms with Gasteiger partial charge in [-0.15, -0.1) is 11.8 Å². The molecular formula is C6H11N3OS. The number of amides is 1. The fraction of sp³-hybridized carbons (Fsp3) is 0.667. The molecule has 0 spiro atoms. The quantitative estimate of drug-likeness (QED) is 0.600. The highest BCUT2D eigenvalue weighted by Crippen LogP contribution is 2.16. The van der Waals surface area contributed by atoms with Gasteiger partial charge in [-0.25, -0.2) is 4.99 Å². The van der Waals surface area contributed by atoms with E-state index in [1.807, 2.05) is 6.26 Å². The van der Waals surface area contributed by atoms with Gasteiger partial charge in [-0.3, -0.25) is 4.79 Å². The normalized spacial score (nSPS) is 25.3. The van der Waals surface area contributed by atoms with Crippen molar-refractivity contribution in [1.82, 2.24) is 4.90 Å². The van der Waals surface area contributed by atoms with E-state index < -0.39 is 0 Å². The lowest BCUT2D eigenvalue weighted by atomic mass is 10.3. The van der Waals surface area contributed by atoms with Crippen LogP contribution in [0.5, 0.6) is 0 Å². The Balaban J connectivity index is 2.78. The smallest absolute Gasteiger partial charge is 0.232 e. The fourth-order valence-electron chi connectivity index (χ4n) is 0.888. The summed E-state index contributed by atoms with van der Waals surface area (Å²) in [6.07, 6.45) is 2.16. The summed E-state index contributed by atoms with van der Waals surface area (Å²) < 4.78 is 0. The number of hydrogen-bond donors (Lipinski definition) is 1. The van der Waals surface area contributed by atoms with Gasteiger partial charge >= 0.3 is 0 Å². The van der Waals surface area contributed by atoms with Crippen molar-refractivity contribution < 1.29 is 4.79 Å². The number of carbonyl (C=O) groups excluding carboxylic acids is 1. The molecule has 1 rings (SSSR count). The van der Waals surface area contributed by atoms with Crippen LogP contribution < -0.4 is 5.73 Å². The molecule has 0 saturated carbocycles. The van der Waals surface area contributed by atoms with Crippen molar-refractivity contribution in [2.24, 2.45) is 10.7 Å². The summed E-state index contributed by atoms with van der Waals surface area (Å²) in [5.74, 6) is 0.476. The summed E-state index contributed by atoms with van der Waals surface area (Å²) in [5.41, 5.74) is 5.31. The molecule has 5 heteroatoms. The lowest BCUT2D eigenvalue weighted by Crippen LogP contribution is -2.41. The number of hydrogen-bond acceptors (Lipinski definition) is 4. The van der Waals surface area contributed by atoms with Gasteiger partial charge < -0.3 is 10.6 Å². The minimum Gasteiger partial charge on any atom is -0.387 e. The zero-order valence-electron chi connectivity index (χ0n) is 6.57. The molecule has 0 aromatic rings. The molecule has 1 aliphatic rings. The highest BCUT2D eigenvalue weighted by atomic mass is 32.2. The van der Waals surface area contributed by atoms with Crippen LogP contribution in [0.4, 0.5) is 0 Å². The van der Waals surface area contributed by atoms with E-state index in [0.29, 0.717) is 5.84 Å². The molecule has 0 fully saturated rings. The van der Waals surface area contributed by atoms with E-state index in [9.17, 15) is 4.79 Å². The minimum atomic E-state index is -0.128. The molecule has 1 unspecified atom stereocenters. The van der Waals surface area contributed by atoms with Gasteiger partial charge in [0.1, 0.15) is 5.84 Å². The Labute approximate surface area is 69.8 Å². The van der Waals surface area contributed by atoms with Crippen LogP contribution in [0.2, 0.25) is 0 Å². The van der Waals surface area contributed by atoms with Gasteiger partial charge in [0, 0.05) is 7.05 Å². The molecule has 0 saturated heterocycles. The van der Waals surface area contributed by atoms with E-state index in [0.717, 1.165) is 0 Å². The molecule has 0 aliphatic carbocycles. The van der Waals surface area contributed by atoms with Crippen LogP contribution in [0.25, 0.3) is 0 Å². The SMILES string of the molecule is CSC1N=C(N)CC(=O)N1C. The first-order valence-corrected chi connectivity index (χ1v) is 4.54. The Morgan fingerprint density at radius 1 is 1.82 bits per heavy atom. The summed E-state index contributed by atoms with van der Waals surface area (Å²) in [6.45, 7) is 0. The largest absolute Gasteiger partial charge is 0.387 e. The molecule has 1 aliphatic heterocycles. The Bertz CT molecular complexity index is 204. The number of nitrogens with two attached hydrogens (primary N) is 1. The molecule has 4 nitrogen and oxygen atoms in total. The number of aliphatic imine (C=N–C) groups is 1. The van der Waals surface area contributed by atoms with Crippen molar-refractivity contribution in [3.63, 3.8) is 0 Å². The van der Waals surface area contributed by atoms with E-state index in [1.54, 1.807) is 11.9 Å². The van der Waals surface area contributed by atoms with Gasteiger partial charge in [-0.1, -0.05) is 0 Å². The van der Waals surface area contributed by atoms with Crippen molar-refractivity contribution in [1.29, 1.82) is 0 Å². The molecule has 0 aromatic heterocycles. The molecule has 1 atom stereocenters. The molecular weight excluding hydrogens is 162 g/mol. The summed E-state index contributed by atoms with van der Waals surface area (Å²) >= 11 is 1.50. The average Bonchev–Trinajstić information content (AvgIpc) is 1.96. The highest BCUT2D eigenvalue weighted by molar-refractivity contribution is 7.99. The van der Waals surface area contributed by atoms with Crippen molar-refractivity contribution in [3.8, 4) is 0 Å². The van der Waals surface area contributed by atoms with Crippen LogP contribution in [0.3, 0.4) is 0 Å². The third-order valence-corrected chi connectivity index (χ3v) is 2.39. The van der Waals surface area contributed by atoms with E-state index in [1.165, 1.54) is 11.8 Å². The Morgan fingerprint density at radius 3 is 3.00 bits per heavy atom. The summed E-state index contributed by atoms with van der Waals surface area (Å²) in [7, 11) is 1.74. The summed E-state index contributed by atoms with van der Waals surface area (Å²) in [5, 5.41) is 0. The molecule has 0 aromatic carbocycles. The fourth-order valence-corrected chi connectivity index (χ4v) is 1.56. The third kappa shape index (κ3) is 1.65. The molecule has 0 radical (unpaired) electrons. The van der Waals surface area contributed by atoms with E-state index in [-0.39, 0.29) is 17.8 Å². The van der Waals surface area contributed by atoms with Crippen LogP contribution in [0.1, 0.15) is 6.42 Å². The van der Waals surface area contributed by atoms with Crippen LogP contribution >= 0.6 is 11.8 Å². The number of amidine groups is 1. The molecule has 2 N–H and O–H groups in total. The van der Waals surface area contributed by atoms with Crippen molar-refractivity contribution in [3.05, 3.63) is 0 Å². The molecule has 11 heavy (non-hydrogen) atoms. The maximum Gasteiger partial charge on any atom is 0.232 e. The second-order valence-electron chi connectivity index (χ2n) is 2.36. The van der Waals surface area contributed by atoms with Gasteiger partial charge in [0.15, 0.2) is 5.50 Å². The van der Waals surface area contributed by atoms with Gasteiger partial charge in [-0.05, 0) is 6.26 Å². The first-order chi connectivity index (χ1) is 5.15. The third-order valence-electron chi connectivity index (χ3n) is 1.54. The topological polar surface area (TPSA) is 58.7 Å². The Morgan fingerprint density at radius 2 is 2.45 bits per heavy atom. The Kier molecular flexibility index (Phi) is 2.38. The number of carbonyl (C=O) groups is 1. The molecule has 1 amide bonds. The van der Waals surface area contributed by atoms with Crippen LogP contribution in [-0.2, 0) is 4.79 Å². The van der Waals surface area contributed by atoms with Crippen LogP contribution in [0, 0.1) is 0 Å². The zero-order valence-corrected chi connectivity index (χ0v) is 7.39. The van der Waals surface area contributed by atoms with Gasteiger partial charge in [0.2, 0.25) is 5.91 Å². The van der Waals surface area contributed by atoms with Crippen molar-refractivity contribution in [2.45, 2.75) is 11.9 Å². The lowest BCUT2D eigenvalue weighted by Gasteiger charge is -2.27. The molecule has 1 heterocycles. The van der Waals surface area contributed by atoms with Gasteiger partial charge in [0.05, 0.1) is 6.42 Å². The predicted molar refractivity (Wildman–Crippen MR) is 46.3 cm³/mol. The van der Waals surface area contributed by atoms with Crippen LogP contribution in [-0.4, -0.2) is 35.4 Å². The predicted octanol–water partition coefficient (Wildman–Crippen LogP) is -0.148. The second-order valence-corrected chi connectivity index (χ2v) is 3.26. The molecule has 62 valence electrons. The Hall–Kier alpha value is -0.710. The monoisotopic (exact) mass is 173 g/mol. The molecule has 0 bridgehead atoms. The maximum atomic E-state index is 11.1. The summed E-state index contributed by atoms with van der Waals surface area (Å²) in [6, 6.07) is 0. The van der Waals surface area contributed by atoms with Crippen molar-refractivity contribution in [2.75, 3.05) is 13.3 Å². The van der Waals surface area contributed by atoms with Gasteiger partial charge in [-0.2, -0.15) is 0 Å². The van der Waals surface area contributed by atoms with Crippen molar-refractivity contribution >= 4 is 23.5 Å². The van der Waals surface area contributed by atoms with E-state index in [4.69, 9.17) is 5.73 Å².